The summed E-state index contributed by atoms with van der Waals surface area (Å²) in [5, 5.41) is 13.4. The molecule has 0 aliphatic carbocycles. The highest BCUT2D eigenvalue weighted by Crippen LogP contribution is 2.27. The molecule has 3 N–H and O–H groups in total. The fourth-order valence-electron chi connectivity index (χ4n) is 2.72. The van der Waals surface area contributed by atoms with Crippen molar-refractivity contribution in [3.8, 4) is 0 Å². The Bertz CT molecular complexity index is 413. The van der Waals surface area contributed by atoms with Crippen LogP contribution in [0.5, 0.6) is 0 Å². The maximum Gasteiger partial charge on any atom is 0.244 e. The molecule has 1 aliphatic rings. The Morgan fingerprint density at radius 1 is 1.50 bits per heavy atom. The van der Waals surface area contributed by atoms with Gasteiger partial charge in [0.25, 0.3) is 0 Å². The molecule has 2 heterocycles. The molecule has 18 heavy (non-hydrogen) atoms. The molecule has 0 radical (unpaired) electrons. The Balaban J connectivity index is 2.15. The third-order valence-corrected chi connectivity index (χ3v) is 3.72. The van der Waals surface area contributed by atoms with Gasteiger partial charge >= 0.3 is 0 Å². The molecular weight excluding hydrogens is 228 g/mol. The molecule has 1 aromatic heterocycles. The van der Waals surface area contributed by atoms with Crippen LogP contribution in [0, 0.1) is 13.8 Å². The lowest BCUT2D eigenvalue weighted by Gasteiger charge is -2.27. The molecule has 1 amide bonds. The molecule has 1 unspecified atom stereocenters. The maximum absolute atomic E-state index is 12.5. The van der Waals surface area contributed by atoms with Crippen molar-refractivity contribution in [2.24, 2.45) is 0 Å². The SMILES string of the molecule is CCCC1(C(=O)Nc2c(C)n[nH]c2C)CCCN1. The highest BCUT2D eigenvalue weighted by molar-refractivity contribution is 5.99. The van der Waals surface area contributed by atoms with Gasteiger partial charge in [-0.05, 0) is 39.7 Å². The van der Waals surface area contributed by atoms with Gasteiger partial charge in [-0.2, -0.15) is 5.10 Å². The molecule has 1 fully saturated rings. The van der Waals surface area contributed by atoms with E-state index in [-0.39, 0.29) is 11.4 Å². The number of aromatic amines is 1. The summed E-state index contributed by atoms with van der Waals surface area (Å²) in [5.74, 6) is 0.0782. The minimum atomic E-state index is -0.384. The van der Waals surface area contributed by atoms with Crippen LogP contribution in [0.15, 0.2) is 0 Å². The summed E-state index contributed by atoms with van der Waals surface area (Å²) in [5.41, 5.74) is 2.19. The van der Waals surface area contributed by atoms with Crippen LogP contribution in [-0.4, -0.2) is 28.2 Å². The minimum absolute atomic E-state index is 0.0782. The zero-order chi connectivity index (χ0) is 13.2. The standard InChI is InChI=1S/C13H22N4O/c1-4-6-13(7-5-8-14-13)12(18)15-11-9(2)16-17-10(11)3/h14H,4-8H2,1-3H3,(H,15,18)(H,16,17). The Labute approximate surface area is 108 Å². The Morgan fingerprint density at radius 2 is 2.28 bits per heavy atom. The molecule has 0 bridgehead atoms. The summed E-state index contributed by atoms with van der Waals surface area (Å²) >= 11 is 0. The van der Waals surface area contributed by atoms with Gasteiger partial charge in [0.2, 0.25) is 5.91 Å². The average Bonchev–Trinajstić information content (AvgIpc) is 2.92. The molecule has 2 rings (SSSR count). The number of carbonyl (C=O) groups is 1. The van der Waals surface area contributed by atoms with Gasteiger partial charge in [-0.3, -0.25) is 9.89 Å². The number of amides is 1. The predicted molar refractivity (Wildman–Crippen MR) is 71.6 cm³/mol. The molecule has 0 spiro atoms. The zero-order valence-electron chi connectivity index (χ0n) is 11.4. The normalized spacial score (nSPS) is 23.3. The topological polar surface area (TPSA) is 69.8 Å². The first kappa shape index (κ1) is 13.1. The number of H-pyrrole nitrogens is 1. The lowest BCUT2D eigenvalue weighted by Crippen LogP contribution is -2.50. The van der Waals surface area contributed by atoms with Gasteiger partial charge in [-0.15, -0.1) is 0 Å². The quantitative estimate of drug-likeness (QED) is 0.764. The summed E-state index contributed by atoms with van der Waals surface area (Å²) < 4.78 is 0. The van der Waals surface area contributed by atoms with Crippen molar-refractivity contribution in [3.05, 3.63) is 11.4 Å². The number of nitrogens with zero attached hydrogens (tertiary/aromatic N) is 1. The van der Waals surface area contributed by atoms with Crippen LogP contribution >= 0.6 is 0 Å². The smallest absolute Gasteiger partial charge is 0.244 e. The van der Waals surface area contributed by atoms with Crippen LogP contribution in [-0.2, 0) is 4.79 Å². The molecule has 1 aromatic rings. The molecule has 1 aliphatic heterocycles. The van der Waals surface area contributed by atoms with Crippen LogP contribution < -0.4 is 10.6 Å². The van der Waals surface area contributed by atoms with Crippen molar-refractivity contribution in [1.82, 2.24) is 15.5 Å². The van der Waals surface area contributed by atoms with Gasteiger partial charge in [-0.25, -0.2) is 0 Å². The molecule has 0 saturated carbocycles. The van der Waals surface area contributed by atoms with Crippen molar-refractivity contribution in [2.75, 3.05) is 11.9 Å². The second-order valence-electron chi connectivity index (χ2n) is 5.13. The fraction of sp³-hybridized carbons (Fsp3) is 0.692. The van der Waals surface area contributed by atoms with E-state index in [4.69, 9.17) is 0 Å². The number of carbonyl (C=O) groups excluding carboxylic acids is 1. The number of rotatable bonds is 4. The van der Waals surface area contributed by atoms with E-state index >= 15 is 0 Å². The number of nitrogens with one attached hydrogen (secondary N) is 3. The van der Waals surface area contributed by atoms with Crippen molar-refractivity contribution in [2.45, 2.75) is 52.0 Å². The van der Waals surface area contributed by atoms with E-state index in [1.54, 1.807) is 0 Å². The lowest BCUT2D eigenvalue weighted by atomic mass is 9.90. The number of hydrogen-bond acceptors (Lipinski definition) is 3. The van der Waals surface area contributed by atoms with Gasteiger partial charge in [-0.1, -0.05) is 13.3 Å². The molecule has 1 saturated heterocycles. The van der Waals surface area contributed by atoms with E-state index in [1.165, 1.54) is 0 Å². The first-order chi connectivity index (χ1) is 8.59. The largest absolute Gasteiger partial charge is 0.321 e. The van der Waals surface area contributed by atoms with Gasteiger partial charge < -0.3 is 10.6 Å². The summed E-state index contributed by atoms with van der Waals surface area (Å²) in [6.45, 7) is 6.86. The molecule has 5 nitrogen and oxygen atoms in total. The van der Waals surface area contributed by atoms with Crippen molar-refractivity contribution in [3.63, 3.8) is 0 Å². The molecule has 0 aromatic carbocycles. The first-order valence-corrected chi connectivity index (χ1v) is 6.67. The van der Waals surface area contributed by atoms with Gasteiger partial charge in [0.1, 0.15) is 0 Å². The van der Waals surface area contributed by atoms with Crippen molar-refractivity contribution in [1.29, 1.82) is 0 Å². The van der Waals surface area contributed by atoms with Crippen molar-refractivity contribution >= 4 is 11.6 Å². The van der Waals surface area contributed by atoms with E-state index < -0.39 is 0 Å². The van der Waals surface area contributed by atoms with Gasteiger partial charge in [0, 0.05) is 0 Å². The predicted octanol–water partition coefficient (Wildman–Crippen LogP) is 1.89. The van der Waals surface area contributed by atoms with Gasteiger partial charge in [0.05, 0.1) is 22.6 Å². The highest BCUT2D eigenvalue weighted by Gasteiger charge is 2.40. The van der Waals surface area contributed by atoms with E-state index in [9.17, 15) is 4.79 Å². The average molecular weight is 250 g/mol. The summed E-state index contributed by atoms with van der Waals surface area (Å²) in [6, 6.07) is 0. The number of aryl methyl sites for hydroxylation is 2. The third-order valence-electron chi connectivity index (χ3n) is 3.72. The molecule has 1 atom stereocenters. The monoisotopic (exact) mass is 250 g/mol. The van der Waals surface area contributed by atoms with Crippen molar-refractivity contribution < 1.29 is 4.79 Å². The fourth-order valence-corrected chi connectivity index (χ4v) is 2.72. The number of hydrogen-bond donors (Lipinski definition) is 3. The van der Waals surface area contributed by atoms with Crippen LogP contribution in [0.3, 0.4) is 0 Å². The maximum atomic E-state index is 12.5. The van der Waals surface area contributed by atoms with Crippen LogP contribution in [0.1, 0.15) is 44.0 Å². The first-order valence-electron chi connectivity index (χ1n) is 6.67. The van der Waals surface area contributed by atoms with Crippen LogP contribution in [0.25, 0.3) is 0 Å². The van der Waals surface area contributed by atoms with E-state index in [1.807, 2.05) is 13.8 Å². The second-order valence-corrected chi connectivity index (χ2v) is 5.13. The van der Waals surface area contributed by atoms with Crippen LogP contribution in [0.4, 0.5) is 5.69 Å². The summed E-state index contributed by atoms with van der Waals surface area (Å²) in [6.07, 6.45) is 3.87. The second kappa shape index (κ2) is 5.10. The molecule has 5 heteroatoms. The Morgan fingerprint density at radius 3 is 2.78 bits per heavy atom. The minimum Gasteiger partial charge on any atom is -0.321 e. The van der Waals surface area contributed by atoms with E-state index in [0.717, 1.165) is 49.3 Å². The van der Waals surface area contributed by atoms with E-state index in [0.29, 0.717) is 0 Å². The molecule has 100 valence electrons. The highest BCUT2D eigenvalue weighted by atomic mass is 16.2. The summed E-state index contributed by atoms with van der Waals surface area (Å²) in [7, 11) is 0. The van der Waals surface area contributed by atoms with E-state index in [2.05, 4.69) is 27.8 Å². The van der Waals surface area contributed by atoms with Gasteiger partial charge in [0.15, 0.2) is 0 Å². The lowest BCUT2D eigenvalue weighted by molar-refractivity contribution is -0.122. The third kappa shape index (κ3) is 2.27. The zero-order valence-corrected chi connectivity index (χ0v) is 11.4. The Kier molecular flexibility index (Phi) is 3.71. The number of anilines is 1. The Hall–Kier alpha value is -1.36. The molecular formula is C13H22N4O. The van der Waals surface area contributed by atoms with Crippen LogP contribution in [0.2, 0.25) is 0 Å². The number of aromatic nitrogens is 2. The summed E-state index contributed by atoms with van der Waals surface area (Å²) in [4.78, 5) is 12.5.